The zero-order valence-corrected chi connectivity index (χ0v) is 20.3. The standard InChI is InChI=1S/C28H48O4/c1-2-3-4-5-6-7-8-9-10-11-12-13-16-21-26(29)22-17-14-18-23-27(30)24-19-15-20-25-28(31)32/h6-7,12-15,18-19,26-27,29-30H,2-5,8-11,16-17,20-25H2,1H3,(H,31,32)/b7-6-,13-12-,18-14-,19-15-. The molecule has 0 radical (unpaired) electrons. The maximum atomic E-state index is 10.4. The first-order valence-corrected chi connectivity index (χ1v) is 12.7. The molecule has 0 aliphatic carbocycles. The average Bonchev–Trinajstić information content (AvgIpc) is 2.76. The summed E-state index contributed by atoms with van der Waals surface area (Å²) in [4.78, 5) is 10.4. The van der Waals surface area contributed by atoms with E-state index in [1.807, 2.05) is 18.2 Å². The van der Waals surface area contributed by atoms with Crippen molar-refractivity contribution in [3.05, 3.63) is 48.6 Å². The molecule has 4 nitrogen and oxygen atoms in total. The lowest BCUT2D eigenvalue weighted by Crippen LogP contribution is -2.05. The summed E-state index contributed by atoms with van der Waals surface area (Å²) in [5, 5.41) is 28.5. The van der Waals surface area contributed by atoms with Crippen LogP contribution in [0.2, 0.25) is 0 Å². The van der Waals surface area contributed by atoms with Gasteiger partial charge in [-0.15, -0.1) is 0 Å². The summed E-state index contributed by atoms with van der Waals surface area (Å²) in [5.74, 6) is -0.803. The summed E-state index contributed by atoms with van der Waals surface area (Å²) >= 11 is 0. The number of unbranched alkanes of at least 4 members (excludes halogenated alkanes) is 6. The van der Waals surface area contributed by atoms with Crippen LogP contribution in [-0.4, -0.2) is 33.5 Å². The number of carboxylic acids is 1. The molecule has 0 aliphatic heterocycles. The second-order valence-corrected chi connectivity index (χ2v) is 8.53. The highest BCUT2D eigenvalue weighted by atomic mass is 16.4. The molecule has 0 fully saturated rings. The van der Waals surface area contributed by atoms with Crippen molar-refractivity contribution >= 4 is 5.97 Å². The van der Waals surface area contributed by atoms with Crippen LogP contribution >= 0.6 is 0 Å². The predicted octanol–water partition coefficient (Wildman–Crippen LogP) is 7.28. The molecule has 0 bridgehead atoms. The number of allylic oxidation sites excluding steroid dienone is 6. The number of carboxylic acid groups (broad SMARTS) is 1. The molecular weight excluding hydrogens is 400 g/mol. The van der Waals surface area contributed by atoms with Gasteiger partial charge in [0.1, 0.15) is 0 Å². The number of aliphatic hydroxyl groups is 2. The summed E-state index contributed by atoms with van der Waals surface area (Å²) < 4.78 is 0. The van der Waals surface area contributed by atoms with E-state index in [0.29, 0.717) is 19.3 Å². The minimum atomic E-state index is -0.803. The first-order chi connectivity index (χ1) is 15.6. The van der Waals surface area contributed by atoms with Crippen LogP contribution in [0.25, 0.3) is 0 Å². The topological polar surface area (TPSA) is 77.8 Å². The third-order valence-electron chi connectivity index (χ3n) is 5.31. The van der Waals surface area contributed by atoms with Crippen LogP contribution in [0.15, 0.2) is 48.6 Å². The van der Waals surface area contributed by atoms with Crippen LogP contribution < -0.4 is 0 Å². The van der Waals surface area contributed by atoms with Gasteiger partial charge < -0.3 is 15.3 Å². The third-order valence-corrected chi connectivity index (χ3v) is 5.31. The molecule has 0 aliphatic rings. The van der Waals surface area contributed by atoms with Gasteiger partial charge in [-0.3, -0.25) is 4.79 Å². The first-order valence-electron chi connectivity index (χ1n) is 12.7. The quantitative estimate of drug-likeness (QED) is 0.120. The normalized spacial score (nSPS) is 14.3. The second kappa shape index (κ2) is 24.0. The number of rotatable bonds is 22. The van der Waals surface area contributed by atoms with Crippen molar-refractivity contribution in [2.75, 3.05) is 0 Å². The fraction of sp³-hybridized carbons (Fsp3) is 0.679. The van der Waals surface area contributed by atoms with Crippen molar-refractivity contribution in [2.24, 2.45) is 0 Å². The van der Waals surface area contributed by atoms with Gasteiger partial charge >= 0.3 is 5.97 Å². The molecule has 0 aromatic heterocycles. The Bertz CT molecular complexity index is 534. The molecule has 0 saturated heterocycles. The number of hydrogen-bond donors (Lipinski definition) is 3. The summed E-state index contributed by atoms with van der Waals surface area (Å²) in [6.45, 7) is 2.24. The summed E-state index contributed by atoms with van der Waals surface area (Å²) in [7, 11) is 0. The molecule has 4 heteroatoms. The second-order valence-electron chi connectivity index (χ2n) is 8.53. The zero-order chi connectivity index (χ0) is 23.7. The van der Waals surface area contributed by atoms with Crippen molar-refractivity contribution in [2.45, 2.75) is 122 Å². The van der Waals surface area contributed by atoms with E-state index in [1.54, 1.807) is 6.08 Å². The Morgan fingerprint density at radius 3 is 1.56 bits per heavy atom. The Labute approximate surface area is 196 Å². The van der Waals surface area contributed by atoms with Crippen LogP contribution in [0.5, 0.6) is 0 Å². The Kier molecular flexibility index (Phi) is 22.8. The average molecular weight is 449 g/mol. The van der Waals surface area contributed by atoms with E-state index in [2.05, 4.69) is 31.2 Å². The van der Waals surface area contributed by atoms with Gasteiger partial charge in [0.2, 0.25) is 0 Å². The molecular formula is C28H48O4. The third kappa shape index (κ3) is 24.6. The Balaban J connectivity index is 3.54. The maximum Gasteiger partial charge on any atom is 0.303 e. The van der Waals surface area contributed by atoms with Gasteiger partial charge in [-0.25, -0.2) is 0 Å². The molecule has 0 spiro atoms. The first kappa shape index (κ1) is 30.4. The molecule has 2 atom stereocenters. The largest absolute Gasteiger partial charge is 0.481 e. The molecule has 0 aromatic carbocycles. The van der Waals surface area contributed by atoms with Crippen LogP contribution in [0.3, 0.4) is 0 Å². The molecule has 3 N–H and O–H groups in total. The van der Waals surface area contributed by atoms with Crippen molar-refractivity contribution in [1.29, 1.82) is 0 Å². The molecule has 0 aromatic rings. The lowest BCUT2D eigenvalue weighted by molar-refractivity contribution is -0.136. The Hall–Kier alpha value is -1.65. The van der Waals surface area contributed by atoms with Gasteiger partial charge in [-0.2, -0.15) is 0 Å². The monoisotopic (exact) mass is 448 g/mol. The van der Waals surface area contributed by atoms with Crippen LogP contribution in [0.1, 0.15) is 110 Å². The van der Waals surface area contributed by atoms with Crippen LogP contribution in [0, 0.1) is 0 Å². The lowest BCUT2D eigenvalue weighted by atomic mass is 10.1. The van der Waals surface area contributed by atoms with Crippen molar-refractivity contribution in [1.82, 2.24) is 0 Å². The Morgan fingerprint density at radius 2 is 1.06 bits per heavy atom. The molecule has 2 unspecified atom stereocenters. The SMILES string of the molecule is CCCCC/C=C\CCCC/C=C\CCC(O)CC/C=C\CC(O)C/C=C\CCC(=O)O. The number of carbonyl (C=O) groups is 1. The highest BCUT2D eigenvalue weighted by Crippen LogP contribution is 2.09. The van der Waals surface area contributed by atoms with E-state index >= 15 is 0 Å². The smallest absolute Gasteiger partial charge is 0.303 e. The molecule has 0 amide bonds. The van der Waals surface area contributed by atoms with Crippen LogP contribution in [0.4, 0.5) is 0 Å². The number of aliphatic carboxylic acids is 1. The van der Waals surface area contributed by atoms with E-state index in [9.17, 15) is 15.0 Å². The van der Waals surface area contributed by atoms with Gasteiger partial charge in [0.25, 0.3) is 0 Å². The fourth-order valence-corrected chi connectivity index (χ4v) is 3.27. The zero-order valence-electron chi connectivity index (χ0n) is 20.3. The summed E-state index contributed by atoms with van der Waals surface area (Å²) in [5.41, 5.74) is 0. The highest BCUT2D eigenvalue weighted by molar-refractivity contribution is 5.66. The van der Waals surface area contributed by atoms with Crippen molar-refractivity contribution < 1.29 is 20.1 Å². The number of hydrogen-bond acceptors (Lipinski definition) is 3. The molecule has 0 rings (SSSR count). The minimum absolute atomic E-state index is 0.127. The molecule has 0 heterocycles. The van der Waals surface area contributed by atoms with Crippen molar-refractivity contribution in [3.8, 4) is 0 Å². The van der Waals surface area contributed by atoms with E-state index in [4.69, 9.17) is 5.11 Å². The van der Waals surface area contributed by atoms with E-state index in [0.717, 1.165) is 32.1 Å². The van der Waals surface area contributed by atoms with Gasteiger partial charge in [0, 0.05) is 6.42 Å². The molecule has 184 valence electrons. The molecule has 32 heavy (non-hydrogen) atoms. The highest BCUT2D eigenvalue weighted by Gasteiger charge is 2.02. The van der Waals surface area contributed by atoms with E-state index in [1.165, 1.54) is 44.9 Å². The van der Waals surface area contributed by atoms with Gasteiger partial charge in [-0.05, 0) is 83.5 Å². The molecule has 0 saturated carbocycles. The van der Waals surface area contributed by atoms with Gasteiger partial charge in [0.15, 0.2) is 0 Å². The Morgan fingerprint density at radius 1 is 0.625 bits per heavy atom. The predicted molar refractivity (Wildman–Crippen MR) is 136 cm³/mol. The lowest BCUT2D eigenvalue weighted by Gasteiger charge is -2.07. The fourth-order valence-electron chi connectivity index (χ4n) is 3.27. The van der Waals surface area contributed by atoms with Gasteiger partial charge in [0.05, 0.1) is 12.2 Å². The van der Waals surface area contributed by atoms with E-state index < -0.39 is 12.1 Å². The van der Waals surface area contributed by atoms with Crippen LogP contribution in [-0.2, 0) is 4.79 Å². The van der Waals surface area contributed by atoms with Crippen molar-refractivity contribution in [3.63, 3.8) is 0 Å². The maximum absolute atomic E-state index is 10.4. The minimum Gasteiger partial charge on any atom is -0.481 e. The van der Waals surface area contributed by atoms with E-state index in [-0.39, 0.29) is 12.5 Å². The summed E-state index contributed by atoms with van der Waals surface area (Å²) in [6, 6.07) is 0. The van der Waals surface area contributed by atoms with Gasteiger partial charge in [-0.1, -0.05) is 68.4 Å². The summed E-state index contributed by atoms with van der Waals surface area (Å²) in [6.07, 6.45) is 31.0. The number of aliphatic hydroxyl groups excluding tert-OH is 2.